The van der Waals surface area contributed by atoms with Gasteiger partial charge in [-0.05, 0) is 6.42 Å². The van der Waals surface area contributed by atoms with Gasteiger partial charge in [0.15, 0.2) is 0 Å². The third-order valence-electron chi connectivity index (χ3n) is 1.62. The first-order chi connectivity index (χ1) is 5.31. The first kappa shape index (κ1) is 10.4. The van der Waals surface area contributed by atoms with Crippen LogP contribution in [0.4, 0.5) is 0 Å². The van der Waals surface area contributed by atoms with E-state index < -0.39 is 0 Å². The number of amides is 1. The average molecular weight is 158 g/mol. The monoisotopic (exact) mass is 158 g/mol. The van der Waals surface area contributed by atoms with Crippen LogP contribution in [0.1, 0.15) is 45.4 Å². The largest absolute Gasteiger partial charge is 0.759 e. The Morgan fingerprint density at radius 1 is 1.27 bits per heavy atom. The average Bonchev–Trinajstić information content (AvgIpc) is 2.04. The molecule has 0 heterocycles. The zero-order valence-corrected chi connectivity index (χ0v) is 7.06. The van der Waals surface area contributed by atoms with Crippen LogP contribution in [0.25, 0.3) is 0 Å². The van der Waals surface area contributed by atoms with Gasteiger partial charge < -0.3 is 10.7 Å². The van der Waals surface area contributed by atoms with Crippen LogP contribution in [0, 0.1) is 5.21 Å². The lowest BCUT2D eigenvalue weighted by atomic mass is 10.1. The van der Waals surface area contributed by atoms with Crippen LogP contribution in [-0.2, 0) is 4.79 Å². The minimum Gasteiger partial charge on any atom is -0.759 e. The van der Waals surface area contributed by atoms with Gasteiger partial charge in [-0.1, -0.05) is 32.6 Å². The molecule has 0 aliphatic carbocycles. The highest BCUT2D eigenvalue weighted by molar-refractivity contribution is 5.76. The normalized spacial score (nSPS) is 9.64. The van der Waals surface area contributed by atoms with Gasteiger partial charge in [-0.2, -0.15) is 0 Å². The van der Waals surface area contributed by atoms with Crippen molar-refractivity contribution in [1.82, 2.24) is 5.48 Å². The van der Waals surface area contributed by atoms with Gasteiger partial charge in [0.05, 0.1) is 0 Å². The Balaban J connectivity index is 2.95. The molecule has 0 rings (SSSR count). The quantitative estimate of drug-likeness (QED) is 0.474. The summed E-state index contributed by atoms with van der Waals surface area (Å²) >= 11 is 0. The lowest BCUT2D eigenvalue weighted by Crippen LogP contribution is -2.14. The van der Waals surface area contributed by atoms with Gasteiger partial charge in [0.25, 0.3) is 0 Å². The molecule has 0 atom stereocenters. The number of hydrogen-bond acceptors (Lipinski definition) is 2. The molecule has 0 aromatic carbocycles. The van der Waals surface area contributed by atoms with E-state index in [4.69, 9.17) is 0 Å². The van der Waals surface area contributed by atoms with Gasteiger partial charge in [0.1, 0.15) is 0 Å². The Morgan fingerprint density at radius 3 is 2.45 bits per heavy atom. The highest BCUT2D eigenvalue weighted by Gasteiger charge is 1.94. The third kappa shape index (κ3) is 7.33. The lowest BCUT2D eigenvalue weighted by Gasteiger charge is -2.05. The number of carbonyl (C=O) groups excluding carboxylic acids is 1. The molecule has 0 aliphatic heterocycles. The number of hydroxylamine groups is 1. The molecule has 0 fully saturated rings. The molecule has 0 spiro atoms. The predicted octanol–water partition coefficient (Wildman–Crippen LogP) is 1.96. The molecule has 3 heteroatoms. The molecular formula is C8H16NO2-. The summed E-state index contributed by atoms with van der Waals surface area (Å²) in [7, 11) is 0. The summed E-state index contributed by atoms with van der Waals surface area (Å²) in [6.07, 6.45) is 5.87. The molecule has 0 aromatic heterocycles. The minimum atomic E-state index is -0.388. The van der Waals surface area contributed by atoms with E-state index in [1.807, 2.05) is 0 Å². The summed E-state index contributed by atoms with van der Waals surface area (Å²) in [6.45, 7) is 2.14. The fourth-order valence-corrected chi connectivity index (χ4v) is 0.940. The SMILES string of the molecule is CCCCCCCC(=O)N[O-]. The summed E-state index contributed by atoms with van der Waals surface area (Å²) < 4.78 is 0. The summed E-state index contributed by atoms with van der Waals surface area (Å²) in [5.74, 6) is -0.388. The van der Waals surface area contributed by atoms with Crippen molar-refractivity contribution in [3.8, 4) is 0 Å². The van der Waals surface area contributed by atoms with Crippen LogP contribution in [0.15, 0.2) is 0 Å². The van der Waals surface area contributed by atoms with Crippen molar-refractivity contribution in [1.29, 1.82) is 0 Å². The zero-order chi connectivity index (χ0) is 8.53. The second-order valence-corrected chi connectivity index (χ2v) is 2.69. The van der Waals surface area contributed by atoms with Crippen molar-refractivity contribution in [2.45, 2.75) is 45.4 Å². The van der Waals surface area contributed by atoms with Gasteiger partial charge in [-0.3, -0.25) is 4.79 Å². The van der Waals surface area contributed by atoms with Crippen molar-refractivity contribution in [2.75, 3.05) is 0 Å². The van der Waals surface area contributed by atoms with Crippen molar-refractivity contribution in [3.63, 3.8) is 0 Å². The smallest absolute Gasteiger partial charge is 0.209 e. The first-order valence-corrected chi connectivity index (χ1v) is 4.22. The number of nitrogens with one attached hydrogen (secondary N) is 1. The molecule has 1 N–H and O–H groups in total. The Labute approximate surface area is 67.8 Å². The fourth-order valence-electron chi connectivity index (χ4n) is 0.940. The molecule has 11 heavy (non-hydrogen) atoms. The summed E-state index contributed by atoms with van der Waals surface area (Å²) in [6, 6.07) is 0. The summed E-state index contributed by atoms with van der Waals surface area (Å²) in [5, 5.41) is 9.75. The molecule has 1 amide bonds. The van der Waals surface area contributed by atoms with E-state index in [2.05, 4.69) is 6.92 Å². The fraction of sp³-hybridized carbons (Fsp3) is 0.875. The molecule has 0 aromatic rings. The van der Waals surface area contributed by atoms with Crippen molar-refractivity contribution in [2.24, 2.45) is 0 Å². The summed E-state index contributed by atoms with van der Waals surface area (Å²) in [5.41, 5.74) is 1.37. The predicted molar refractivity (Wildman–Crippen MR) is 44.9 cm³/mol. The van der Waals surface area contributed by atoms with Crippen LogP contribution in [0.5, 0.6) is 0 Å². The highest BCUT2D eigenvalue weighted by Crippen LogP contribution is 2.04. The van der Waals surface area contributed by atoms with Crippen LogP contribution < -0.4 is 5.48 Å². The first-order valence-electron chi connectivity index (χ1n) is 4.22. The Hall–Kier alpha value is -0.570. The van der Waals surface area contributed by atoms with Gasteiger partial charge >= 0.3 is 0 Å². The molecule has 0 aliphatic rings. The van der Waals surface area contributed by atoms with E-state index in [1.54, 1.807) is 0 Å². The molecular weight excluding hydrogens is 142 g/mol. The van der Waals surface area contributed by atoms with E-state index in [1.165, 1.54) is 24.7 Å². The van der Waals surface area contributed by atoms with E-state index in [9.17, 15) is 10.0 Å². The zero-order valence-electron chi connectivity index (χ0n) is 7.06. The maximum absolute atomic E-state index is 10.4. The molecule has 0 saturated heterocycles. The maximum atomic E-state index is 10.4. The molecule has 3 nitrogen and oxygen atoms in total. The Bertz CT molecular complexity index is 104. The third-order valence-corrected chi connectivity index (χ3v) is 1.62. The Kier molecular flexibility index (Phi) is 7.15. The maximum Gasteiger partial charge on any atom is 0.209 e. The van der Waals surface area contributed by atoms with Crippen molar-refractivity contribution < 1.29 is 4.79 Å². The van der Waals surface area contributed by atoms with Crippen LogP contribution in [0.2, 0.25) is 0 Å². The highest BCUT2D eigenvalue weighted by atomic mass is 16.5. The molecule has 66 valence electrons. The second-order valence-electron chi connectivity index (χ2n) is 2.69. The van der Waals surface area contributed by atoms with E-state index in [0.717, 1.165) is 12.8 Å². The number of unbranched alkanes of at least 4 members (excludes halogenated alkanes) is 4. The molecule has 0 bridgehead atoms. The minimum absolute atomic E-state index is 0.382. The van der Waals surface area contributed by atoms with Gasteiger partial charge in [-0.15, -0.1) is 0 Å². The van der Waals surface area contributed by atoms with E-state index in [0.29, 0.717) is 6.42 Å². The number of carbonyl (C=O) groups is 1. The second kappa shape index (κ2) is 7.54. The van der Waals surface area contributed by atoms with Crippen LogP contribution >= 0.6 is 0 Å². The van der Waals surface area contributed by atoms with Gasteiger partial charge in [0.2, 0.25) is 5.91 Å². The number of rotatable bonds is 6. The standard InChI is InChI=1S/C8H16NO2/c1-2-3-4-5-6-7-8(10)9-11/h2-7H2,1H3,(H-,9,10,11)/q-1. The molecule has 0 saturated carbocycles. The van der Waals surface area contributed by atoms with Crippen molar-refractivity contribution >= 4 is 5.91 Å². The van der Waals surface area contributed by atoms with E-state index >= 15 is 0 Å². The van der Waals surface area contributed by atoms with Crippen molar-refractivity contribution in [3.05, 3.63) is 5.21 Å². The van der Waals surface area contributed by atoms with Gasteiger partial charge in [-0.25, -0.2) is 0 Å². The number of hydrogen-bond donors (Lipinski definition) is 1. The molecule has 0 unspecified atom stereocenters. The molecule has 0 radical (unpaired) electrons. The summed E-state index contributed by atoms with van der Waals surface area (Å²) in [4.78, 5) is 10.4. The van der Waals surface area contributed by atoms with E-state index in [-0.39, 0.29) is 5.91 Å². The topological polar surface area (TPSA) is 52.2 Å². The van der Waals surface area contributed by atoms with Crippen LogP contribution in [0.3, 0.4) is 0 Å². The lowest BCUT2D eigenvalue weighted by molar-refractivity contribution is -0.120. The Morgan fingerprint density at radius 2 is 1.91 bits per heavy atom. The van der Waals surface area contributed by atoms with Gasteiger partial charge in [0, 0.05) is 6.42 Å². The van der Waals surface area contributed by atoms with Crippen LogP contribution in [-0.4, -0.2) is 5.91 Å².